The van der Waals surface area contributed by atoms with Crippen molar-refractivity contribution in [3.05, 3.63) is 15.6 Å². The van der Waals surface area contributed by atoms with Crippen molar-refractivity contribution in [2.75, 3.05) is 0 Å². The van der Waals surface area contributed by atoms with Crippen LogP contribution in [0.25, 0.3) is 0 Å². The zero-order valence-electron chi connectivity index (χ0n) is 12.7. The third-order valence-corrected chi connectivity index (χ3v) is 5.15. The largest absolute Gasteiger partial charge is 0.480 e. The second kappa shape index (κ2) is 5.63. The average molecular weight is 311 g/mol. The van der Waals surface area contributed by atoms with Gasteiger partial charge >= 0.3 is 12.0 Å². The standard InChI is InChI=1S/C14H21N3O3S/c1-7-11(21-9(3)15-7)8(2)16-13(20)17-14(4,12(18)19)10-5-6-10/h8,10H,5-6H2,1-4H3,(H,18,19)(H2,16,17,20). The fraction of sp³-hybridized carbons (Fsp3) is 0.643. The molecule has 0 bridgehead atoms. The van der Waals surface area contributed by atoms with Crippen LogP contribution in [0.2, 0.25) is 0 Å². The molecule has 1 fully saturated rings. The van der Waals surface area contributed by atoms with Crippen molar-refractivity contribution in [1.82, 2.24) is 15.6 Å². The Kier molecular flexibility index (Phi) is 4.22. The molecular weight excluding hydrogens is 290 g/mol. The number of nitrogens with zero attached hydrogens (tertiary/aromatic N) is 1. The maximum Gasteiger partial charge on any atom is 0.329 e. The fourth-order valence-corrected chi connectivity index (χ4v) is 3.40. The first-order valence-corrected chi connectivity index (χ1v) is 7.81. The van der Waals surface area contributed by atoms with Crippen molar-refractivity contribution in [3.63, 3.8) is 0 Å². The number of urea groups is 1. The molecule has 1 heterocycles. The Labute approximate surface area is 128 Å². The number of carbonyl (C=O) groups is 2. The highest BCUT2D eigenvalue weighted by Gasteiger charge is 2.48. The third-order valence-electron chi connectivity index (χ3n) is 3.89. The molecule has 0 radical (unpaired) electrons. The van der Waals surface area contributed by atoms with Gasteiger partial charge in [0.1, 0.15) is 5.54 Å². The van der Waals surface area contributed by atoms with Crippen molar-refractivity contribution in [3.8, 4) is 0 Å². The minimum absolute atomic E-state index is 0.0171. The van der Waals surface area contributed by atoms with E-state index in [4.69, 9.17) is 0 Å². The number of rotatable bonds is 5. The summed E-state index contributed by atoms with van der Waals surface area (Å²) in [6.45, 7) is 7.26. The highest BCUT2D eigenvalue weighted by atomic mass is 32.1. The lowest BCUT2D eigenvalue weighted by atomic mass is 9.96. The quantitative estimate of drug-likeness (QED) is 0.778. The highest BCUT2D eigenvalue weighted by molar-refractivity contribution is 7.11. The number of hydrogen-bond acceptors (Lipinski definition) is 4. The van der Waals surface area contributed by atoms with E-state index in [-0.39, 0.29) is 12.0 Å². The number of carboxylic acids is 1. The van der Waals surface area contributed by atoms with Crippen LogP contribution >= 0.6 is 11.3 Å². The van der Waals surface area contributed by atoms with Crippen LogP contribution in [0.1, 0.15) is 48.3 Å². The molecule has 21 heavy (non-hydrogen) atoms. The number of carbonyl (C=O) groups excluding carboxylic acids is 1. The molecule has 6 nitrogen and oxygen atoms in total. The van der Waals surface area contributed by atoms with Crippen molar-refractivity contribution >= 4 is 23.3 Å². The summed E-state index contributed by atoms with van der Waals surface area (Å²) in [4.78, 5) is 28.8. The molecular formula is C14H21N3O3S. The molecule has 1 aromatic rings. The molecule has 0 saturated heterocycles. The lowest BCUT2D eigenvalue weighted by molar-refractivity contribution is -0.144. The van der Waals surface area contributed by atoms with E-state index in [1.807, 2.05) is 20.8 Å². The Balaban J connectivity index is 2.01. The van der Waals surface area contributed by atoms with Gasteiger partial charge < -0.3 is 15.7 Å². The van der Waals surface area contributed by atoms with Gasteiger partial charge in [-0.05, 0) is 46.5 Å². The maximum atomic E-state index is 12.1. The van der Waals surface area contributed by atoms with Crippen LogP contribution in [0.5, 0.6) is 0 Å². The number of thiazole rings is 1. The first-order valence-electron chi connectivity index (χ1n) is 7.00. The summed E-state index contributed by atoms with van der Waals surface area (Å²) in [5.41, 5.74) is -0.295. The van der Waals surface area contributed by atoms with E-state index in [9.17, 15) is 14.7 Å². The second-order valence-electron chi connectivity index (χ2n) is 5.78. The minimum Gasteiger partial charge on any atom is -0.480 e. The summed E-state index contributed by atoms with van der Waals surface area (Å²) in [5, 5.41) is 15.7. The van der Waals surface area contributed by atoms with Crippen molar-refractivity contribution in [1.29, 1.82) is 0 Å². The number of aromatic nitrogens is 1. The van der Waals surface area contributed by atoms with Gasteiger partial charge in [-0.3, -0.25) is 0 Å². The van der Waals surface area contributed by atoms with E-state index >= 15 is 0 Å². The van der Waals surface area contributed by atoms with Crippen LogP contribution in [-0.2, 0) is 4.79 Å². The van der Waals surface area contributed by atoms with Gasteiger partial charge in [0.2, 0.25) is 0 Å². The molecule has 116 valence electrons. The van der Waals surface area contributed by atoms with Gasteiger partial charge in [0, 0.05) is 4.88 Å². The molecule has 3 N–H and O–H groups in total. The number of carboxylic acid groups (broad SMARTS) is 1. The lowest BCUT2D eigenvalue weighted by Crippen LogP contribution is -2.56. The molecule has 7 heteroatoms. The third kappa shape index (κ3) is 3.34. The molecule has 1 aliphatic rings. The van der Waals surface area contributed by atoms with Gasteiger partial charge in [0.15, 0.2) is 0 Å². The van der Waals surface area contributed by atoms with Gasteiger partial charge in [-0.1, -0.05) is 0 Å². The molecule has 1 aliphatic carbocycles. The number of hydrogen-bond donors (Lipinski definition) is 3. The normalized spacial score (nSPS) is 18.7. The maximum absolute atomic E-state index is 12.1. The molecule has 1 saturated carbocycles. The molecule has 2 amide bonds. The number of aryl methyl sites for hydroxylation is 2. The first kappa shape index (κ1) is 15.8. The zero-order valence-corrected chi connectivity index (χ0v) is 13.5. The van der Waals surface area contributed by atoms with E-state index in [1.165, 1.54) is 11.3 Å². The van der Waals surface area contributed by atoms with Crippen LogP contribution in [0, 0.1) is 19.8 Å². The molecule has 1 aromatic heterocycles. The first-order chi connectivity index (χ1) is 9.74. The van der Waals surface area contributed by atoms with Crippen molar-refractivity contribution in [2.24, 2.45) is 5.92 Å². The van der Waals surface area contributed by atoms with Gasteiger partial charge in [-0.2, -0.15) is 0 Å². The molecule has 2 atom stereocenters. The van der Waals surface area contributed by atoms with Crippen LogP contribution in [0.4, 0.5) is 4.79 Å². The number of nitrogens with one attached hydrogen (secondary N) is 2. The summed E-state index contributed by atoms with van der Waals surface area (Å²) in [6, 6.07) is -0.654. The van der Waals surface area contributed by atoms with Gasteiger partial charge in [0.05, 0.1) is 16.7 Å². The topological polar surface area (TPSA) is 91.3 Å². The Morgan fingerprint density at radius 2 is 2.05 bits per heavy atom. The molecule has 2 rings (SSSR count). The van der Waals surface area contributed by atoms with Crippen molar-refractivity contribution < 1.29 is 14.7 Å². The minimum atomic E-state index is -1.19. The Morgan fingerprint density at radius 1 is 1.43 bits per heavy atom. The SMILES string of the molecule is Cc1nc(C)c(C(C)NC(=O)NC(C)(C(=O)O)C2CC2)s1. The number of amides is 2. The summed E-state index contributed by atoms with van der Waals surface area (Å²) >= 11 is 1.54. The Hall–Kier alpha value is -1.63. The van der Waals surface area contributed by atoms with E-state index < -0.39 is 17.5 Å². The molecule has 0 spiro atoms. The smallest absolute Gasteiger partial charge is 0.329 e. The second-order valence-corrected chi connectivity index (χ2v) is 7.02. The zero-order chi connectivity index (χ0) is 15.8. The van der Waals surface area contributed by atoms with E-state index in [2.05, 4.69) is 15.6 Å². The fourth-order valence-electron chi connectivity index (χ4n) is 2.47. The monoisotopic (exact) mass is 311 g/mol. The van der Waals surface area contributed by atoms with Crippen molar-refractivity contribution in [2.45, 2.75) is 52.1 Å². The number of aliphatic carboxylic acids is 1. The van der Waals surface area contributed by atoms with E-state index in [0.29, 0.717) is 0 Å². The lowest BCUT2D eigenvalue weighted by Gasteiger charge is -2.27. The van der Waals surface area contributed by atoms with Crippen LogP contribution in [0.15, 0.2) is 0 Å². The average Bonchev–Trinajstić information content (AvgIpc) is 3.14. The van der Waals surface area contributed by atoms with Crippen LogP contribution < -0.4 is 10.6 Å². The Morgan fingerprint density at radius 3 is 2.48 bits per heavy atom. The van der Waals surface area contributed by atoms with Crippen LogP contribution in [0.3, 0.4) is 0 Å². The molecule has 0 aliphatic heterocycles. The molecule has 0 aromatic carbocycles. The van der Waals surface area contributed by atoms with Gasteiger partial charge in [0.25, 0.3) is 0 Å². The Bertz CT molecular complexity index is 568. The predicted octanol–water partition coefficient (Wildman–Crippen LogP) is 2.37. The van der Waals surface area contributed by atoms with Crippen LogP contribution in [-0.4, -0.2) is 27.6 Å². The summed E-state index contributed by atoms with van der Waals surface area (Å²) < 4.78 is 0. The molecule has 2 unspecified atom stereocenters. The summed E-state index contributed by atoms with van der Waals surface area (Å²) in [6.07, 6.45) is 1.68. The van der Waals surface area contributed by atoms with Gasteiger partial charge in [-0.25, -0.2) is 14.6 Å². The van der Waals surface area contributed by atoms with Gasteiger partial charge in [-0.15, -0.1) is 11.3 Å². The predicted molar refractivity (Wildman–Crippen MR) is 80.4 cm³/mol. The highest BCUT2D eigenvalue weighted by Crippen LogP contribution is 2.39. The summed E-state index contributed by atoms with van der Waals surface area (Å²) in [7, 11) is 0. The van der Waals surface area contributed by atoms with E-state index in [1.54, 1.807) is 6.92 Å². The summed E-state index contributed by atoms with van der Waals surface area (Å²) in [5.74, 6) is -0.971. The van der Waals surface area contributed by atoms with E-state index in [0.717, 1.165) is 28.4 Å².